The summed E-state index contributed by atoms with van der Waals surface area (Å²) in [7, 11) is -4.09. The van der Waals surface area contributed by atoms with Gasteiger partial charge >= 0.3 is 6.18 Å². The van der Waals surface area contributed by atoms with Crippen LogP contribution in [-0.2, 0) is 16.2 Å². The van der Waals surface area contributed by atoms with Crippen LogP contribution in [0.1, 0.15) is 11.1 Å². The van der Waals surface area contributed by atoms with E-state index < -0.39 is 26.7 Å². The van der Waals surface area contributed by atoms with Gasteiger partial charge in [-0.05, 0) is 55.0 Å². The number of aryl methyl sites for hydroxylation is 1. The number of nitrogens with one attached hydrogen (secondary N) is 3. The molecule has 3 rings (SSSR count). The van der Waals surface area contributed by atoms with Crippen molar-refractivity contribution >= 4 is 27.5 Å². The summed E-state index contributed by atoms with van der Waals surface area (Å²) in [6.45, 7) is 2.03. The Labute approximate surface area is 177 Å². The Morgan fingerprint density at radius 2 is 1.68 bits per heavy atom. The van der Waals surface area contributed by atoms with E-state index in [2.05, 4.69) is 30.5 Å². The van der Waals surface area contributed by atoms with E-state index in [-0.39, 0.29) is 13.1 Å². The molecule has 8 nitrogen and oxygen atoms in total. The number of hydrogen-bond donors (Lipinski definition) is 3. The molecular weight excluding hydrogens is 433 g/mol. The van der Waals surface area contributed by atoms with Crippen LogP contribution in [-0.4, -0.2) is 36.7 Å². The van der Waals surface area contributed by atoms with Gasteiger partial charge in [0, 0.05) is 19.3 Å². The first-order valence-electron chi connectivity index (χ1n) is 9.08. The lowest BCUT2D eigenvalue weighted by Gasteiger charge is -2.11. The molecular formula is C19H19F3N6O2S. The van der Waals surface area contributed by atoms with Crippen LogP contribution < -0.4 is 15.4 Å². The topological polar surface area (TPSA) is 109 Å². The number of pyridine rings is 1. The highest BCUT2D eigenvalue weighted by Gasteiger charge is 2.31. The molecule has 3 N–H and O–H groups in total. The molecule has 0 saturated heterocycles. The number of sulfonamides is 1. The van der Waals surface area contributed by atoms with Gasteiger partial charge in [0.25, 0.3) is 0 Å². The predicted octanol–water partition coefficient (Wildman–Crippen LogP) is 3.33. The van der Waals surface area contributed by atoms with Gasteiger partial charge in [-0.25, -0.2) is 18.1 Å². The highest BCUT2D eigenvalue weighted by molar-refractivity contribution is 7.89. The molecule has 164 valence electrons. The van der Waals surface area contributed by atoms with Crippen molar-refractivity contribution in [3.63, 3.8) is 0 Å². The van der Waals surface area contributed by atoms with Gasteiger partial charge in [-0.2, -0.15) is 13.2 Å². The number of rotatable bonds is 8. The van der Waals surface area contributed by atoms with Crippen LogP contribution in [0.4, 0.5) is 30.6 Å². The molecule has 3 aromatic rings. The molecule has 2 aromatic heterocycles. The van der Waals surface area contributed by atoms with Crippen molar-refractivity contribution in [2.75, 3.05) is 23.7 Å². The second-order valence-electron chi connectivity index (χ2n) is 6.50. The van der Waals surface area contributed by atoms with Gasteiger partial charge in [0.2, 0.25) is 10.0 Å². The van der Waals surface area contributed by atoms with Crippen LogP contribution in [0, 0.1) is 6.92 Å². The van der Waals surface area contributed by atoms with Gasteiger partial charge in [-0.15, -0.1) is 10.2 Å². The van der Waals surface area contributed by atoms with Gasteiger partial charge in [-0.3, -0.25) is 0 Å². The second kappa shape index (κ2) is 9.27. The van der Waals surface area contributed by atoms with Gasteiger partial charge in [0.1, 0.15) is 11.6 Å². The summed E-state index contributed by atoms with van der Waals surface area (Å²) in [4.78, 5) is 3.71. The zero-order valence-corrected chi connectivity index (χ0v) is 17.1. The van der Waals surface area contributed by atoms with Crippen LogP contribution >= 0.6 is 0 Å². The Balaban J connectivity index is 1.51. The van der Waals surface area contributed by atoms with Gasteiger partial charge in [0.05, 0.1) is 10.5 Å². The Morgan fingerprint density at radius 1 is 0.935 bits per heavy atom. The SMILES string of the molecule is Cc1ccnc(Nc2ccc(NCCNS(=O)(=O)c3cccc(C(F)(F)F)c3)nn2)c1. The maximum absolute atomic E-state index is 12.8. The molecule has 0 bridgehead atoms. The average Bonchev–Trinajstić information content (AvgIpc) is 2.72. The van der Waals surface area contributed by atoms with Crippen LogP contribution in [0.15, 0.2) is 59.6 Å². The first-order valence-corrected chi connectivity index (χ1v) is 10.6. The molecule has 0 amide bonds. The summed E-state index contributed by atoms with van der Waals surface area (Å²) in [6.07, 6.45) is -2.95. The van der Waals surface area contributed by atoms with Crippen molar-refractivity contribution in [2.24, 2.45) is 0 Å². The largest absolute Gasteiger partial charge is 0.416 e. The molecule has 0 aliphatic heterocycles. The minimum Gasteiger partial charge on any atom is -0.367 e. The molecule has 0 aliphatic carbocycles. The molecule has 0 atom stereocenters. The summed E-state index contributed by atoms with van der Waals surface area (Å²) in [5.41, 5.74) is 0.00895. The summed E-state index contributed by atoms with van der Waals surface area (Å²) >= 11 is 0. The van der Waals surface area contributed by atoms with E-state index in [1.54, 1.807) is 18.3 Å². The summed E-state index contributed by atoms with van der Waals surface area (Å²) in [6, 6.07) is 10.6. The lowest BCUT2D eigenvalue weighted by Crippen LogP contribution is -2.29. The van der Waals surface area contributed by atoms with Crippen LogP contribution in [0.3, 0.4) is 0 Å². The first-order chi connectivity index (χ1) is 14.6. The number of aromatic nitrogens is 3. The highest BCUT2D eigenvalue weighted by atomic mass is 32.2. The van der Waals surface area contributed by atoms with E-state index in [4.69, 9.17) is 0 Å². The molecule has 31 heavy (non-hydrogen) atoms. The molecule has 0 fully saturated rings. The van der Waals surface area contributed by atoms with Crippen LogP contribution in [0.2, 0.25) is 0 Å². The minimum atomic E-state index is -4.62. The second-order valence-corrected chi connectivity index (χ2v) is 8.26. The third-order valence-electron chi connectivity index (χ3n) is 4.03. The van der Waals surface area contributed by atoms with E-state index in [1.807, 2.05) is 19.1 Å². The smallest absolute Gasteiger partial charge is 0.367 e. The number of hydrogen-bond acceptors (Lipinski definition) is 7. The first kappa shape index (κ1) is 22.4. The fraction of sp³-hybridized carbons (Fsp3) is 0.211. The fourth-order valence-electron chi connectivity index (χ4n) is 2.53. The molecule has 0 radical (unpaired) electrons. The summed E-state index contributed by atoms with van der Waals surface area (Å²) in [5, 5.41) is 13.9. The van der Waals surface area contributed by atoms with E-state index in [1.165, 1.54) is 0 Å². The highest BCUT2D eigenvalue weighted by Crippen LogP contribution is 2.30. The zero-order valence-electron chi connectivity index (χ0n) is 16.3. The Hall–Kier alpha value is -3.25. The lowest BCUT2D eigenvalue weighted by molar-refractivity contribution is -0.137. The molecule has 0 saturated carbocycles. The summed E-state index contributed by atoms with van der Waals surface area (Å²) < 4.78 is 65.0. The standard InChI is InChI=1S/C19H19F3N6O2S/c1-13-7-8-23-18(11-13)26-17-6-5-16(27-28-17)24-9-10-25-31(29,30)15-4-2-3-14(12-15)19(20,21)22/h2-8,11-12,25H,9-10H2,1H3,(H,24,27)(H,23,26,28). The fourth-order valence-corrected chi connectivity index (χ4v) is 3.61. The van der Waals surface area contributed by atoms with Crippen molar-refractivity contribution in [3.05, 3.63) is 65.9 Å². The van der Waals surface area contributed by atoms with E-state index in [9.17, 15) is 21.6 Å². The molecule has 0 unspecified atom stereocenters. The number of alkyl halides is 3. The zero-order chi connectivity index (χ0) is 22.5. The Morgan fingerprint density at radius 3 is 2.35 bits per heavy atom. The van der Waals surface area contributed by atoms with Gasteiger partial charge in [-0.1, -0.05) is 6.07 Å². The van der Waals surface area contributed by atoms with Crippen molar-refractivity contribution in [1.29, 1.82) is 0 Å². The van der Waals surface area contributed by atoms with E-state index >= 15 is 0 Å². The quantitative estimate of drug-likeness (QED) is 0.450. The van der Waals surface area contributed by atoms with Crippen molar-refractivity contribution in [2.45, 2.75) is 18.0 Å². The predicted molar refractivity (Wildman–Crippen MR) is 109 cm³/mol. The van der Waals surface area contributed by atoms with Crippen molar-refractivity contribution in [1.82, 2.24) is 19.9 Å². The van der Waals surface area contributed by atoms with Crippen LogP contribution in [0.25, 0.3) is 0 Å². The lowest BCUT2D eigenvalue weighted by atomic mass is 10.2. The number of nitrogens with zero attached hydrogens (tertiary/aromatic N) is 3. The number of halogens is 3. The monoisotopic (exact) mass is 452 g/mol. The third kappa shape index (κ3) is 6.36. The van der Waals surface area contributed by atoms with Crippen molar-refractivity contribution in [3.8, 4) is 0 Å². The van der Waals surface area contributed by atoms with Crippen LogP contribution in [0.5, 0.6) is 0 Å². The van der Waals surface area contributed by atoms with E-state index in [0.29, 0.717) is 23.5 Å². The average molecular weight is 452 g/mol. The number of anilines is 3. The normalized spacial score (nSPS) is 11.9. The molecule has 0 aliphatic rings. The molecule has 12 heteroatoms. The van der Waals surface area contributed by atoms with Crippen molar-refractivity contribution < 1.29 is 21.6 Å². The van der Waals surface area contributed by atoms with Gasteiger partial charge < -0.3 is 10.6 Å². The van der Waals surface area contributed by atoms with Gasteiger partial charge in [0.15, 0.2) is 5.82 Å². The maximum Gasteiger partial charge on any atom is 0.416 e. The maximum atomic E-state index is 12.8. The Bertz CT molecular complexity index is 1140. The molecule has 0 spiro atoms. The van der Waals surface area contributed by atoms with E-state index in [0.717, 1.165) is 23.8 Å². The summed E-state index contributed by atoms with van der Waals surface area (Å²) in [5.74, 6) is 1.51. The third-order valence-corrected chi connectivity index (χ3v) is 5.49. The minimum absolute atomic E-state index is 0.0620. The molecule has 2 heterocycles. The number of benzene rings is 1. The molecule has 1 aromatic carbocycles. The Kier molecular flexibility index (Phi) is 6.71.